The van der Waals surface area contributed by atoms with Gasteiger partial charge in [-0.25, -0.2) is 0 Å². The largest absolute Gasteiger partial charge is 0.355 e. The molecule has 2 amide bonds. The van der Waals surface area contributed by atoms with Crippen LogP contribution in [0.3, 0.4) is 0 Å². The molecule has 4 heteroatoms. The van der Waals surface area contributed by atoms with Crippen LogP contribution < -0.4 is 10.2 Å². The van der Waals surface area contributed by atoms with Crippen molar-refractivity contribution in [1.82, 2.24) is 5.32 Å². The lowest BCUT2D eigenvalue weighted by Crippen LogP contribution is -2.42. The van der Waals surface area contributed by atoms with Gasteiger partial charge in [0.15, 0.2) is 0 Å². The third-order valence-electron chi connectivity index (χ3n) is 5.58. The van der Waals surface area contributed by atoms with E-state index in [9.17, 15) is 9.59 Å². The van der Waals surface area contributed by atoms with Crippen molar-refractivity contribution < 1.29 is 9.59 Å². The lowest BCUT2D eigenvalue weighted by molar-refractivity contribution is -0.132. The van der Waals surface area contributed by atoms with Crippen molar-refractivity contribution in [2.75, 3.05) is 18.0 Å². The number of aryl methyl sites for hydroxylation is 2. The van der Waals surface area contributed by atoms with Crippen LogP contribution >= 0.6 is 0 Å². The molecule has 1 fully saturated rings. The summed E-state index contributed by atoms with van der Waals surface area (Å²) in [6, 6.07) is 16.1. The summed E-state index contributed by atoms with van der Waals surface area (Å²) in [7, 11) is 0. The van der Waals surface area contributed by atoms with Crippen molar-refractivity contribution in [3.05, 3.63) is 65.2 Å². The van der Waals surface area contributed by atoms with Gasteiger partial charge in [-0.2, -0.15) is 0 Å². The van der Waals surface area contributed by atoms with Crippen molar-refractivity contribution >= 4 is 17.5 Å². The molecule has 0 bridgehead atoms. The van der Waals surface area contributed by atoms with Crippen molar-refractivity contribution in [3.8, 4) is 0 Å². The molecule has 2 aromatic rings. The maximum absolute atomic E-state index is 12.8. The number of carbonyl (C=O) groups is 2. The Morgan fingerprint density at radius 2 is 1.81 bits per heavy atom. The molecule has 0 aliphatic carbocycles. The predicted molar refractivity (Wildman–Crippen MR) is 109 cm³/mol. The van der Waals surface area contributed by atoms with E-state index in [1.165, 1.54) is 11.1 Å². The minimum Gasteiger partial charge on any atom is -0.355 e. The van der Waals surface area contributed by atoms with Crippen molar-refractivity contribution in [2.45, 2.75) is 39.5 Å². The first kappa shape index (κ1) is 19.2. The normalized spacial score (nSPS) is 17.3. The Morgan fingerprint density at radius 1 is 1.11 bits per heavy atom. The topological polar surface area (TPSA) is 49.4 Å². The Kier molecular flexibility index (Phi) is 5.36. The zero-order valence-corrected chi connectivity index (χ0v) is 16.6. The molecule has 3 rings (SSSR count). The van der Waals surface area contributed by atoms with E-state index < -0.39 is 5.92 Å². The summed E-state index contributed by atoms with van der Waals surface area (Å²) >= 11 is 0. The second kappa shape index (κ2) is 7.55. The molecule has 1 heterocycles. The van der Waals surface area contributed by atoms with E-state index in [-0.39, 0.29) is 17.2 Å². The smallest absolute Gasteiger partial charge is 0.239 e. The Bertz CT molecular complexity index is 843. The molecular weight excluding hydrogens is 336 g/mol. The van der Waals surface area contributed by atoms with E-state index in [4.69, 9.17) is 0 Å². The van der Waals surface area contributed by atoms with E-state index in [1.807, 2.05) is 43.3 Å². The number of amides is 2. The van der Waals surface area contributed by atoms with Gasteiger partial charge in [0.05, 0.1) is 0 Å². The highest BCUT2D eigenvalue weighted by Crippen LogP contribution is 2.28. The second-order valence-corrected chi connectivity index (χ2v) is 8.07. The maximum Gasteiger partial charge on any atom is 0.239 e. The fourth-order valence-corrected chi connectivity index (χ4v) is 3.50. The molecule has 1 saturated heterocycles. The molecule has 1 atom stereocenters. The number of nitrogens with zero attached hydrogens (tertiary/aromatic N) is 1. The Hall–Kier alpha value is -2.62. The van der Waals surface area contributed by atoms with Crippen LogP contribution in [0.1, 0.15) is 37.0 Å². The number of benzene rings is 2. The van der Waals surface area contributed by atoms with E-state index in [1.54, 1.807) is 4.90 Å². The van der Waals surface area contributed by atoms with Crippen LogP contribution in [0, 0.1) is 19.8 Å². The lowest BCUT2D eigenvalue weighted by atomic mass is 9.84. The second-order valence-electron chi connectivity index (χ2n) is 8.07. The van der Waals surface area contributed by atoms with Gasteiger partial charge in [0, 0.05) is 24.2 Å². The van der Waals surface area contributed by atoms with Crippen molar-refractivity contribution in [3.63, 3.8) is 0 Å². The monoisotopic (exact) mass is 364 g/mol. The minimum atomic E-state index is -0.599. The van der Waals surface area contributed by atoms with Gasteiger partial charge in [0.1, 0.15) is 5.92 Å². The molecule has 0 radical (unpaired) electrons. The molecule has 1 aliphatic heterocycles. The first-order valence-electron chi connectivity index (χ1n) is 9.51. The predicted octanol–water partition coefficient (Wildman–Crippen LogP) is 3.75. The van der Waals surface area contributed by atoms with Gasteiger partial charge in [-0.05, 0) is 49.1 Å². The van der Waals surface area contributed by atoms with Crippen LogP contribution in [0.15, 0.2) is 48.5 Å². The molecule has 27 heavy (non-hydrogen) atoms. The van der Waals surface area contributed by atoms with Gasteiger partial charge in [-0.1, -0.05) is 50.2 Å². The summed E-state index contributed by atoms with van der Waals surface area (Å²) in [5.41, 5.74) is 4.20. The quantitative estimate of drug-likeness (QED) is 0.822. The van der Waals surface area contributed by atoms with E-state index >= 15 is 0 Å². The molecule has 142 valence electrons. The SMILES string of the molecule is Cc1ccc(N2CCC(C(=O)NCC(C)(C)c3ccccc3)C2=O)cc1C. The summed E-state index contributed by atoms with van der Waals surface area (Å²) in [5.74, 6) is -0.873. The number of carbonyl (C=O) groups excluding carboxylic acids is 2. The summed E-state index contributed by atoms with van der Waals surface area (Å²) in [5, 5.41) is 3.00. The van der Waals surface area contributed by atoms with Gasteiger partial charge in [0.2, 0.25) is 11.8 Å². The molecular formula is C23H28N2O2. The summed E-state index contributed by atoms with van der Waals surface area (Å²) < 4.78 is 0. The molecule has 1 N–H and O–H groups in total. The maximum atomic E-state index is 12.8. The van der Waals surface area contributed by atoms with Gasteiger partial charge in [-0.15, -0.1) is 0 Å². The van der Waals surface area contributed by atoms with Crippen LogP contribution in [0.25, 0.3) is 0 Å². The van der Waals surface area contributed by atoms with E-state index in [0.29, 0.717) is 19.5 Å². The first-order chi connectivity index (χ1) is 12.8. The van der Waals surface area contributed by atoms with Gasteiger partial charge >= 0.3 is 0 Å². The van der Waals surface area contributed by atoms with Crippen LogP contribution in [0.4, 0.5) is 5.69 Å². The Labute approximate surface area is 161 Å². The molecule has 1 unspecified atom stereocenters. The highest BCUT2D eigenvalue weighted by molar-refractivity contribution is 6.09. The van der Waals surface area contributed by atoms with Gasteiger partial charge < -0.3 is 10.2 Å². The zero-order valence-electron chi connectivity index (χ0n) is 16.6. The number of nitrogens with one attached hydrogen (secondary N) is 1. The summed E-state index contributed by atoms with van der Waals surface area (Å²) in [6.07, 6.45) is 0.559. The van der Waals surface area contributed by atoms with Crippen LogP contribution in [0.2, 0.25) is 0 Å². The average Bonchev–Trinajstić information content (AvgIpc) is 3.04. The summed E-state index contributed by atoms with van der Waals surface area (Å²) in [4.78, 5) is 27.2. The first-order valence-corrected chi connectivity index (χ1v) is 9.51. The van der Waals surface area contributed by atoms with Gasteiger partial charge in [0.25, 0.3) is 0 Å². The number of rotatable bonds is 5. The van der Waals surface area contributed by atoms with Crippen LogP contribution in [0.5, 0.6) is 0 Å². The molecule has 0 saturated carbocycles. The zero-order chi connectivity index (χ0) is 19.6. The standard InChI is InChI=1S/C23H28N2O2/c1-16-10-11-19(14-17(16)2)25-13-12-20(22(25)27)21(26)24-15-23(3,4)18-8-6-5-7-9-18/h5-11,14,20H,12-13,15H2,1-4H3,(H,24,26). The lowest BCUT2D eigenvalue weighted by Gasteiger charge is -2.26. The molecule has 0 spiro atoms. The molecule has 2 aromatic carbocycles. The van der Waals surface area contributed by atoms with E-state index in [0.717, 1.165) is 11.3 Å². The minimum absolute atomic E-state index is 0.103. The number of anilines is 1. The highest BCUT2D eigenvalue weighted by atomic mass is 16.2. The van der Waals surface area contributed by atoms with Crippen LogP contribution in [-0.2, 0) is 15.0 Å². The fourth-order valence-electron chi connectivity index (χ4n) is 3.50. The Balaban J connectivity index is 1.64. The third-order valence-corrected chi connectivity index (χ3v) is 5.58. The fraction of sp³-hybridized carbons (Fsp3) is 0.391. The third kappa shape index (κ3) is 4.05. The molecule has 1 aliphatic rings. The highest BCUT2D eigenvalue weighted by Gasteiger charge is 2.38. The van der Waals surface area contributed by atoms with Crippen molar-refractivity contribution in [1.29, 1.82) is 0 Å². The van der Waals surface area contributed by atoms with E-state index in [2.05, 4.69) is 38.2 Å². The Morgan fingerprint density at radius 3 is 2.48 bits per heavy atom. The molecule has 4 nitrogen and oxygen atoms in total. The summed E-state index contributed by atoms with van der Waals surface area (Å²) in [6.45, 7) is 9.37. The number of hydrogen-bond donors (Lipinski definition) is 1. The average molecular weight is 364 g/mol. The van der Waals surface area contributed by atoms with Gasteiger partial charge in [-0.3, -0.25) is 9.59 Å². The molecule has 0 aromatic heterocycles. The number of hydrogen-bond acceptors (Lipinski definition) is 2. The van der Waals surface area contributed by atoms with Crippen molar-refractivity contribution in [2.24, 2.45) is 5.92 Å². The van der Waals surface area contributed by atoms with Crippen LogP contribution in [-0.4, -0.2) is 24.9 Å².